The van der Waals surface area contributed by atoms with Crippen LogP contribution in [-0.2, 0) is 4.79 Å². The van der Waals surface area contributed by atoms with E-state index in [-0.39, 0.29) is 12.1 Å². The second-order valence-corrected chi connectivity index (χ2v) is 7.88. The van der Waals surface area contributed by atoms with Gasteiger partial charge in [0.2, 0.25) is 5.91 Å². The summed E-state index contributed by atoms with van der Waals surface area (Å²) in [5, 5.41) is 9.76. The monoisotopic (exact) mass is 394 g/mol. The molecule has 0 aromatic heterocycles. The Morgan fingerprint density at radius 3 is 2.76 bits per heavy atom. The van der Waals surface area contributed by atoms with Crippen LogP contribution in [-0.4, -0.2) is 49.4 Å². The summed E-state index contributed by atoms with van der Waals surface area (Å²) in [6.45, 7) is 3.38. The van der Waals surface area contributed by atoms with Crippen molar-refractivity contribution >= 4 is 22.4 Å². The highest BCUT2D eigenvalue weighted by molar-refractivity contribution is 6.12. The summed E-state index contributed by atoms with van der Waals surface area (Å²) in [6.07, 6.45) is 5.93. The number of nitrogens with zero attached hydrogens (tertiary/aromatic N) is 2. The fourth-order valence-corrected chi connectivity index (χ4v) is 4.31. The lowest BCUT2D eigenvalue weighted by Crippen LogP contribution is -2.41. The third-order valence-corrected chi connectivity index (χ3v) is 5.83. The molecule has 0 aliphatic carbocycles. The zero-order valence-corrected chi connectivity index (χ0v) is 17.1. The van der Waals surface area contributed by atoms with Crippen molar-refractivity contribution in [2.45, 2.75) is 44.7 Å². The van der Waals surface area contributed by atoms with Gasteiger partial charge in [0.25, 0.3) is 0 Å². The maximum absolute atomic E-state index is 12.3. The summed E-state index contributed by atoms with van der Waals surface area (Å²) >= 11 is 0. The van der Waals surface area contributed by atoms with E-state index in [2.05, 4.69) is 32.9 Å². The van der Waals surface area contributed by atoms with Gasteiger partial charge in [-0.3, -0.25) is 10.2 Å². The molecular formula is C23H30N4O2. The highest BCUT2D eigenvalue weighted by atomic mass is 16.5. The molecule has 0 spiro atoms. The molecule has 1 amide bonds. The lowest BCUT2D eigenvalue weighted by molar-refractivity contribution is -0.122. The summed E-state index contributed by atoms with van der Waals surface area (Å²) < 4.78 is 5.48. The molecule has 2 aliphatic heterocycles. The summed E-state index contributed by atoms with van der Waals surface area (Å²) in [5.41, 5.74) is 5.12. The van der Waals surface area contributed by atoms with Crippen LogP contribution in [0.1, 0.15) is 44.1 Å². The predicted molar refractivity (Wildman–Crippen MR) is 116 cm³/mol. The summed E-state index contributed by atoms with van der Waals surface area (Å²) in [7, 11) is 1.69. The Morgan fingerprint density at radius 1 is 1.17 bits per heavy atom. The third kappa shape index (κ3) is 4.70. The molecule has 2 aromatic rings. The zero-order valence-electron chi connectivity index (χ0n) is 17.1. The van der Waals surface area contributed by atoms with Crippen LogP contribution in [0.2, 0.25) is 0 Å². The van der Waals surface area contributed by atoms with Gasteiger partial charge in [-0.1, -0.05) is 30.7 Å². The van der Waals surface area contributed by atoms with Gasteiger partial charge < -0.3 is 15.0 Å². The van der Waals surface area contributed by atoms with Gasteiger partial charge in [0, 0.05) is 23.8 Å². The second-order valence-electron chi connectivity index (χ2n) is 7.88. The number of carbonyl (C=O) groups excluding carboxylic acids is 1. The van der Waals surface area contributed by atoms with Crippen molar-refractivity contribution in [3.8, 4) is 5.75 Å². The van der Waals surface area contributed by atoms with E-state index in [0.717, 1.165) is 40.8 Å². The van der Waals surface area contributed by atoms with Gasteiger partial charge >= 0.3 is 0 Å². The summed E-state index contributed by atoms with van der Waals surface area (Å²) in [6, 6.07) is 12.2. The van der Waals surface area contributed by atoms with Gasteiger partial charge in [-0.2, -0.15) is 5.10 Å². The van der Waals surface area contributed by atoms with Crippen molar-refractivity contribution in [3.63, 3.8) is 0 Å². The quantitative estimate of drug-likeness (QED) is 0.757. The van der Waals surface area contributed by atoms with Crippen LogP contribution in [0, 0.1) is 0 Å². The highest BCUT2D eigenvalue weighted by Crippen LogP contribution is 2.30. The van der Waals surface area contributed by atoms with E-state index < -0.39 is 0 Å². The maximum atomic E-state index is 12.3. The smallest absolute Gasteiger partial charge is 0.221 e. The Labute approximate surface area is 172 Å². The predicted octanol–water partition coefficient (Wildman–Crippen LogP) is 3.25. The van der Waals surface area contributed by atoms with E-state index in [9.17, 15) is 4.79 Å². The maximum Gasteiger partial charge on any atom is 0.221 e. The standard InChI is InChI=1S/C23H30N4O2/c1-29-21-12-11-18(17-8-3-4-9-19(17)21)20-16-22(26-25-20)24-23(28)10-7-15-27-13-5-2-6-14-27/h3-4,8-9,11-12,22,26H,2,5-7,10,13-16H2,1H3,(H,24,28). The topological polar surface area (TPSA) is 66.0 Å². The van der Waals surface area contributed by atoms with Crippen molar-refractivity contribution in [1.82, 2.24) is 15.6 Å². The molecule has 2 N–H and O–H groups in total. The van der Waals surface area contributed by atoms with Crippen molar-refractivity contribution in [3.05, 3.63) is 42.0 Å². The number of likely N-dealkylation sites (tertiary alicyclic amines) is 1. The number of methoxy groups -OCH3 is 1. The number of fused-ring (bicyclic) bond motifs is 1. The van der Waals surface area contributed by atoms with Gasteiger partial charge in [-0.25, -0.2) is 0 Å². The lowest BCUT2D eigenvalue weighted by atomic mass is 9.98. The minimum Gasteiger partial charge on any atom is -0.496 e. The number of hydrogen-bond donors (Lipinski definition) is 2. The van der Waals surface area contributed by atoms with Crippen molar-refractivity contribution in [2.24, 2.45) is 5.10 Å². The van der Waals surface area contributed by atoms with E-state index in [1.807, 2.05) is 24.3 Å². The van der Waals surface area contributed by atoms with E-state index in [1.165, 1.54) is 32.4 Å². The molecule has 0 saturated carbocycles. The molecule has 0 radical (unpaired) electrons. The van der Waals surface area contributed by atoms with Gasteiger partial charge in [-0.15, -0.1) is 0 Å². The third-order valence-electron chi connectivity index (χ3n) is 5.83. The Balaban J connectivity index is 1.31. The zero-order chi connectivity index (χ0) is 20.1. The number of ether oxygens (including phenoxy) is 1. The molecule has 2 aromatic carbocycles. The number of carbonyl (C=O) groups is 1. The number of benzene rings is 2. The number of hydrazone groups is 1. The minimum atomic E-state index is -0.145. The Kier molecular flexibility index (Phi) is 6.30. The van der Waals surface area contributed by atoms with Crippen LogP contribution in [0.4, 0.5) is 0 Å². The van der Waals surface area contributed by atoms with Gasteiger partial charge in [0.05, 0.1) is 12.8 Å². The van der Waals surface area contributed by atoms with Gasteiger partial charge in [0.15, 0.2) is 0 Å². The lowest BCUT2D eigenvalue weighted by Gasteiger charge is -2.26. The first kappa shape index (κ1) is 19.7. The molecule has 0 bridgehead atoms. The van der Waals surface area contributed by atoms with Crippen molar-refractivity contribution in [2.75, 3.05) is 26.7 Å². The van der Waals surface area contributed by atoms with Crippen LogP contribution >= 0.6 is 0 Å². The SMILES string of the molecule is COc1ccc(C2=NNC(NC(=O)CCCN3CCCCC3)C2)c2ccccc12. The number of piperidine rings is 1. The first-order chi connectivity index (χ1) is 14.2. The van der Waals surface area contributed by atoms with E-state index >= 15 is 0 Å². The van der Waals surface area contributed by atoms with Gasteiger partial charge in [-0.05, 0) is 56.4 Å². The Morgan fingerprint density at radius 2 is 1.97 bits per heavy atom. The first-order valence-corrected chi connectivity index (χ1v) is 10.6. The first-order valence-electron chi connectivity index (χ1n) is 10.6. The largest absolute Gasteiger partial charge is 0.496 e. The molecule has 154 valence electrons. The number of hydrogen-bond acceptors (Lipinski definition) is 5. The molecule has 4 rings (SSSR count). The molecule has 6 nitrogen and oxygen atoms in total. The average Bonchev–Trinajstić information content (AvgIpc) is 3.21. The van der Waals surface area contributed by atoms with E-state index in [1.54, 1.807) is 7.11 Å². The fraction of sp³-hybridized carbons (Fsp3) is 0.478. The molecule has 1 saturated heterocycles. The summed E-state index contributed by atoms with van der Waals surface area (Å²) in [5.74, 6) is 0.949. The van der Waals surface area contributed by atoms with Crippen LogP contribution in [0.5, 0.6) is 5.75 Å². The normalized spacial score (nSPS) is 19.6. The van der Waals surface area contributed by atoms with Crippen LogP contribution < -0.4 is 15.5 Å². The fourth-order valence-electron chi connectivity index (χ4n) is 4.31. The van der Waals surface area contributed by atoms with Crippen LogP contribution in [0.25, 0.3) is 10.8 Å². The molecule has 29 heavy (non-hydrogen) atoms. The highest BCUT2D eigenvalue weighted by Gasteiger charge is 2.23. The average molecular weight is 395 g/mol. The molecule has 1 fully saturated rings. The summed E-state index contributed by atoms with van der Waals surface area (Å²) in [4.78, 5) is 14.8. The molecule has 2 heterocycles. The Hall–Kier alpha value is -2.60. The number of amides is 1. The van der Waals surface area contributed by atoms with E-state index in [0.29, 0.717) is 12.8 Å². The molecule has 6 heteroatoms. The van der Waals surface area contributed by atoms with Crippen molar-refractivity contribution in [1.29, 1.82) is 0 Å². The van der Waals surface area contributed by atoms with Crippen LogP contribution in [0.3, 0.4) is 0 Å². The molecule has 2 aliphatic rings. The number of rotatable bonds is 7. The molecule has 1 atom stereocenters. The Bertz CT molecular complexity index is 890. The number of nitrogens with one attached hydrogen (secondary N) is 2. The van der Waals surface area contributed by atoms with Crippen molar-refractivity contribution < 1.29 is 9.53 Å². The second kappa shape index (κ2) is 9.27. The molecular weight excluding hydrogens is 364 g/mol. The van der Waals surface area contributed by atoms with Crippen LogP contribution in [0.15, 0.2) is 41.5 Å². The van der Waals surface area contributed by atoms with E-state index in [4.69, 9.17) is 4.74 Å². The van der Waals surface area contributed by atoms with Gasteiger partial charge in [0.1, 0.15) is 11.9 Å². The molecule has 1 unspecified atom stereocenters. The minimum absolute atomic E-state index is 0.0931.